The first-order chi connectivity index (χ1) is 40.6. The van der Waals surface area contributed by atoms with Crippen LogP contribution in [-0.2, 0) is 38.5 Å². The second-order valence-corrected chi connectivity index (χ2v) is 23.3. The monoisotopic (exact) mass is 1060 g/mol. The standard InChI is InChI=1S/C78H66N4/c1-3-22-53-48-73(81(67-38-19-26-51-24-11-13-32-58(51)67)57-42-43-63-62-34-15-17-36-69(62)80(75(63)50-57)56-30-9-6-10-31-56)65-46-44-61-54(23-4-2)49-74(66-47-45-60(53)76(65)77(61)66)82(68-39-20-27-52-25-12-14-33-59(52)68)72-41-21-40-71-78(72)64-35-16-18-37-70(64)79(71)55-28-7-5-8-29-55/h5-10,15-21,26-31,34-50H,3-4,11-14,22-25,32-33H2,1-2H3. The molecular formula is C78H66N4. The molecule has 82 heavy (non-hydrogen) atoms. The predicted octanol–water partition coefficient (Wildman–Crippen LogP) is 21.4. The molecular weight excluding hydrogens is 993 g/mol. The summed E-state index contributed by atoms with van der Waals surface area (Å²) in [6.45, 7) is 4.71. The molecule has 4 heteroatoms. The smallest absolute Gasteiger partial charge is 0.0562 e. The van der Waals surface area contributed by atoms with Crippen molar-refractivity contribution in [2.24, 2.45) is 0 Å². The van der Waals surface area contributed by atoms with Gasteiger partial charge in [0.1, 0.15) is 0 Å². The largest absolute Gasteiger partial charge is 0.309 e. The second kappa shape index (κ2) is 19.8. The van der Waals surface area contributed by atoms with Gasteiger partial charge >= 0.3 is 0 Å². The van der Waals surface area contributed by atoms with Crippen molar-refractivity contribution in [3.63, 3.8) is 0 Å². The first-order valence-corrected chi connectivity index (χ1v) is 30.4. The fraction of sp³-hybridized carbons (Fsp3) is 0.179. The summed E-state index contributed by atoms with van der Waals surface area (Å²) >= 11 is 0. The second-order valence-electron chi connectivity index (χ2n) is 23.3. The van der Waals surface area contributed by atoms with Crippen LogP contribution in [0.4, 0.5) is 34.1 Å². The fourth-order valence-corrected chi connectivity index (χ4v) is 15.2. The van der Waals surface area contributed by atoms with E-state index in [0.29, 0.717) is 0 Å². The Morgan fingerprint density at radius 2 is 0.768 bits per heavy atom. The third-order valence-corrected chi connectivity index (χ3v) is 18.6. The Labute approximate surface area is 480 Å². The SMILES string of the molecule is CCCc1cc(N(c2ccc3c4ccccc4n(-c4ccccc4)c3c2)c2cccc3c2CCCC3)c2ccc3c(CCC)cc(N(c4cccc5c4CCCC5)c4cccc5c4c4ccccc4n5-c4ccccc4)c4ccc1c2c34. The molecule has 0 amide bonds. The normalized spacial score (nSPS) is 13.5. The van der Waals surface area contributed by atoms with Crippen molar-refractivity contribution in [3.05, 3.63) is 252 Å². The molecule has 0 N–H and O–H groups in total. The highest BCUT2D eigenvalue weighted by Crippen LogP contribution is 2.53. The van der Waals surface area contributed by atoms with Crippen molar-refractivity contribution in [1.82, 2.24) is 9.13 Å². The maximum atomic E-state index is 2.72. The van der Waals surface area contributed by atoms with Gasteiger partial charge in [-0.2, -0.15) is 0 Å². The zero-order chi connectivity index (χ0) is 54.4. The van der Waals surface area contributed by atoms with Gasteiger partial charge in [0.2, 0.25) is 0 Å². The lowest BCUT2D eigenvalue weighted by Crippen LogP contribution is -2.17. The van der Waals surface area contributed by atoms with Gasteiger partial charge in [-0.15, -0.1) is 0 Å². The zero-order valence-electron chi connectivity index (χ0n) is 47.1. The third kappa shape index (κ3) is 7.57. The number of para-hydroxylation sites is 4. The Bertz CT molecular complexity index is 4790. The summed E-state index contributed by atoms with van der Waals surface area (Å²) in [6, 6.07) is 83.7. The van der Waals surface area contributed by atoms with Gasteiger partial charge in [0.15, 0.2) is 0 Å². The van der Waals surface area contributed by atoms with Gasteiger partial charge < -0.3 is 18.9 Å². The van der Waals surface area contributed by atoms with Crippen molar-refractivity contribution >= 4 is 110 Å². The van der Waals surface area contributed by atoms with Crippen LogP contribution in [0, 0.1) is 0 Å². The molecule has 14 aromatic rings. The number of rotatable bonds is 12. The van der Waals surface area contributed by atoms with Crippen LogP contribution in [0.3, 0.4) is 0 Å². The number of aromatic nitrogens is 2. The zero-order valence-corrected chi connectivity index (χ0v) is 47.1. The minimum Gasteiger partial charge on any atom is -0.309 e. The van der Waals surface area contributed by atoms with Crippen LogP contribution in [0.2, 0.25) is 0 Å². The van der Waals surface area contributed by atoms with Crippen LogP contribution >= 0.6 is 0 Å². The fourth-order valence-electron chi connectivity index (χ4n) is 15.2. The maximum absolute atomic E-state index is 2.72. The van der Waals surface area contributed by atoms with Crippen LogP contribution in [0.15, 0.2) is 218 Å². The molecule has 0 saturated carbocycles. The lowest BCUT2D eigenvalue weighted by atomic mass is 9.85. The first kappa shape index (κ1) is 48.8. The summed E-state index contributed by atoms with van der Waals surface area (Å²) in [5, 5.41) is 13.1. The summed E-state index contributed by atoms with van der Waals surface area (Å²) in [5.41, 5.74) is 23.5. The Morgan fingerprint density at radius 1 is 0.317 bits per heavy atom. The Balaban J connectivity index is 1.01. The molecule has 12 aromatic carbocycles. The number of nitrogens with zero attached hydrogens (tertiary/aromatic N) is 4. The van der Waals surface area contributed by atoms with Crippen molar-refractivity contribution < 1.29 is 0 Å². The maximum Gasteiger partial charge on any atom is 0.0562 e. The van der Waals surface area contributed by atoms with E-state index >= 15 is 0 Å². The van der Waals surface area contributed by atoms with Crippen LogP contribution in [0.5, 0.6) is 0 Å². The predicted molar refractivity (Wildman–Crippen MR) is 349 cm³/mol. The summed E-state index contributed by atoms with van der Waals surface area (Å²) in [6.07, 6.45) is 13.3. The molecule has 4 nitrogen and oxygen atoms in total. The van der Waals surface area contributed by atoms with E-state index in [9.17, 15) is 0 Å². The van der Waals surface area contributed by atoms with Gasteiger partial charge in [-0.25, -0.2) is 0 Å². The molecule has 0 bridgehead atoms. The Kier molecular flexibility index (Phi) is 11.8. The molecule has 0 unspecified atom stereocenters. The van der Waals surface area contributed by atoms with Crippen molar-refractivity contribution in [2.75, 3.05) is 9.80 Å². The van der Waals surface area contributed by atoms with Gasteiger partial charge in [0.05, 0.1) is 39.1 Å². The third-order valence-electron chi connectivity index (χ3n) is 18.6. The van der Waals surface area contributed by atoms with Gasteiger partial charge in [-0.1, -0.05) is 160 Å². The lowest BCUT2D eigenvalue weighted by molar-refractivity contribution is 0.686. The summed E-state index contributed by atoms with van der Waals surface area (Å²) < 4.78 is 4.95. The molecule has 0 spiro atoms. The highest BCUT2D eigenvalue weighted by Gasteiger charge is 2.30. The van der Waals surface area contributed by atoms with E-state index in [2.05, 4.69) is 251 Å². The summed E-state index contributed by atoms with van der Waals surface area (Å²) in [4.78, 5) is 5.40. The van der Waals surface area contributed by atoms with Crippen LogP contribution in [0.1, 0.15) is 85.8 Å². The molecule has 398 valence electrons. The van der Waals surface area contributed by atoms with Gasteiger partial charge in [-0.05, 0) is 204 Å². The number of hydrogen-bond acceptors (Lipinski definition) is 2. The quantitative estimate of drug-likeness (QED) is 0.113. The molecule has 0 fully saturated rings. The van der Waals surface area contributed by atoms with E-state index in [-0.39, 0.29) is 0 Å². The van der Waals surface area contributed by atoms with Gasteiger partial charge in [-0.3, -0.25) is 0 Å². The van der Waals surface area contributed by atoms with Crippen LogP contribution < -0.4 is 9.80 Å². The first-order valence-electron chi connectivity index (χ1n) is 30.4. The number of benzene rings is 12. The van der Waals surface area contributed by atoms with E-state index in [1.54, 1.807) is 0 Å². The number of hydrogen-bond donors (Lipinski definition) is 0. The highest BCUT2D eigenvalue weighted by atomic mass is 15.2. The lowest BCUT2D eigenvalue weighted by Gasteiger charge is -2.34. The molecule has 2 aromatic heterocycles. The van der Waals surface area contributed by atoms with Crippen molar-refractivity contribution in [3.8, 4) is 11.4 Å². The van der Waals surface area contributed by atoms with E-state index in [4.69, 9.17) is 0 Å². The summed E-state index contributed by atoms with van der Waals surface area (Å²) in [5.74, 6) is 0. The van der Waals surface area contributed by atoms with Crippen LogP contribution in [0.25, 0.3) is 87.3 Å². The number of anilines is 6. The molecule has 0 aliphatic heterocycles. The minimum absolute atomic E-state index is 0.978. The Morgan fingerprint density at radius 3 is 1.38 bits per heavy atom. The number of fused-ring (bicyclic) bond motifs is 8. The van der Waals surface area contributed by atoms with Gasteiger partial charge in [0, 0.05) is 60.8 Å². The van der Waals surface area contributed by atoms with E-state index in [1.165, 1.54) is 180 Å². The molecule has 0 saturated heterocycles. The van der Waals surface area contributed by atoms with Crippen molar-refractivity contribution in [1.29, 1.82) is 0 Å². The molecule has 2 aliphatic rings. The van der Waals surface area contributed by atoms with Gasteiger partial charge in [0.25, 0.3) is 0 Å². The van der Waals surface area contributed by atoms with Crippen molar-refractivity contribution in [2.45, 2.75) is 90.9 Å². The summed E-state index contributed by atoms with van der Waals surface area (Å²) in [7, 11) is 0. The molecule has 2 heterocycles. The Hall–Kier alpha value is -9.12. The number of aryl methyl sites for hydroxylation is 4. The van der Waals surface area contributed by atoms with Crippen LogP contribution in [-0.4, -0.2) is 9.13 Å². The molecule has 0 atom stereocenters. The average molecular weight is 1060 g/mol. The van der Waals surface area contributed by atoms with E-state index < -0.39 is 0 Å². The minimum atomic E-state index is 0.978. The van der Waals surface area contributed by atoms with E-state index in [1.807, 2.05) is 0 Å². The average Bonchev–Trinajstić information content (AvgIpc) is 4.16. The molecule has 0 radical (unpaired) electrons. The highest BCUT2D eigenvalue weighted by molar-refractivity contribution is 6.30. The molecule has 2 aliphatic carbocycles. The van der Waals surface area contributed by atoms with E-state index in [0.717, 1.165) is 51.4 Å². The molecule has 16 rings (SSSR count). The topological polar surface area (TPSA) is 16.3 Å².